The zero-order valence-electron chi connectivity index (χ0n) is 10.2. The highest BCUT2D eigenvalue weighted by Gasteiger charge is 2.32. The van der Waals surface area contributed by atoms with Crippen LogP contribution in [0, 0.1) is 0 Å². The molecule has 2 atom stereocenters. The van der Waals surface area contributed by atoms with Crippen LogP contribution < -0.4 is 4.74 Å². The van der Waals surface area contributed by atoms with Crippen molar-refractivity contribution < 1.29 is 19.4 Å². The number of methoxy groups -OCH3 is 1. The molecule has 4 nitrogen and oxygen atoms in total. The number of allylic oxidation sites excluding steroid dienone is 1. The molecule has 0 aliphatic heterocycles. The zero-order valence-corrected chi connectivity index (χ0v) is 10.2. The largest absolute Gasteiger partial charge is 0.483 e. The van der Waals surface area contributed by atoms with Gasteiger partial charge in [-0.2, -0.15) is 0 Å². The number of esters is 1. The number of aliphatic hydroxyl groups excluding tert-OH is 1. The first-order valence-electron chi connectivity index (χ1n) is 5.90. The van der Waals surface area contributed by atoms with Crippen molar-refractivity contribution in [3.05, 3.63) is 42.0 Å². The van der Waals surface area contributed by atoms with Crippen molar-refractivity contribution in [1.29, 1.82) is 0 Å². The Kier molecular flexibility index (Phi) is 3.99. The predicted molar refractivity (Wildman–Crippen MR) is 66.2 cm³/mol. The molecule has 0 saturated carbocycles. The lowest BCUT2D eigenvalue weighted by Gasteiger charge is -2.28. The van der Waals surface area contributed by atoms with E-state index in [-0.39, 0.29) is 0 Å². The van der Waals surface area contributed by atoms with Gasteiger partial charge in [-0.1, -0.05) is 24.3 Å². The second-order valence-electron chi connectivity index (χ2n) is 4.15. The minimum absolute atomic E-state index is 0.389. The second kappa shape index (κ2) is 5.69. The van der Waals surface area contributed by atoms with Crippen molar-refractivity contribution in [1.82, 2.24) is 0 Å². The first kappa shape index (κ1) is 12.6. The van der Waals surface area contributed by atoms with E-state index < -0.39 is 18.2 Å². The lowest BCUT2D eigenvalue weighted by molar-refractivity contribution is -0.138. The molecule has 1 aliphatic rings. The summed E-state index contributed by atoms with van der Waals surface area (Å²) >= 11 is 0. The van der Waals surface area contributed by atoms with Crippen LogP contribution in [0.25, 0.3) is 0 Å². The lowest BCUT2D eigenvalue weighted by Crippen LogP contribution is -2.39. The molecule has 4 heteroatoms. The highest BCUT2D eigenvalue weighted by molar-refractivity contribution is 5.89. The molecule has 0 spiro atoms. The van der Waals surface area contributed by atoms with Crippen molar-refractivity contribution in [3.8, 4) is 5.75 Å². The van der Waals surface area contributed by atoms with E-state index >= 15 is 0 Å². The molecular formula is C14H16O4. The average molecular weight is 248 g/mol. The molecule has 1 aromatic carbocycles. The van der Waals surface area contributed by atoms with E-state index in [4.69, 9.17) is 9.47 Å². The summed E-state index contributed by atoms with van der Waals surface area (Å²) in [5.74, 6) is 0.174. The Hall–Kier alpha value is -1.81. The van der Waals surface area contributed by atoms with Gasteiger partial charge < -0.3 is 14.6 Å². The maximum atomic E-state index is 11.6. The molecule has 18 heavy (non-hydrogen) atoms. The number of carbonyl (C=O) groups is 1. The Morgan fingerprint density at radius 2 is 2.06 bits per heavy atom. The minimum atomic E-state index is -0.690. The molecule has 0 radical (unpaired) electrons. The van der Waals surface area contributed by atoms with E-state index in [1.54, 1.807) is 18.2 Å². The standard InChI is InChI=1S/C14H16O4/c1-17-14(16)11-8-5-9-12(15)13(11)18-10-6-3-2-4-7-10/h2-4,6-8,12-13,15H,5,9H2,1H3/t12-,13+/m0/s1. The fourth-order valence-corrected chi connectivity index (χ4v) is 1.99. The van der Waals surface area contributed by atoms with Crippen LogP contribution in [-0.4, -0.2) is 30.4 Å². The number of hydrogen-bond donors (Lipinski definition) is 1. The Labute approximate surface area is 106 Å². The molecule has 0 amide bonds. The van der Waals surface area contributed by atoms with Crippen molar-refractivity contribution >= 4 is 5.97 Å². The number of aliphatic hydroxyl groups is 1. The third-order valence-corrected chi connectivity index (χ3v) is 2.91. The summed E-state index contributed by atoms with van der Waals surface area (Å²) in [7, 11) is 1.32. The molecular weight excluding hydrogens is 232 g/mol. The van der Waals surface area contributed by atoms with Crippen LogP contribution in [0.2, 0.25) is 0 Å². The molecule has 1 aliphatic carbocycles. The van der Waals surface area contributed by atoms with Gasteiger partial charge >= 0.3 is 5.97 Å². The highest BCUT2D eigenvalue weighted by atomic mass is 16.5. The maximum Gasteiger partial charge on any atom is 0.337 e. The monoisotopic (exact) mass is 248 g/mol. The number of ether oxygens (including phenoxy) is 2. The van der Waals surface area contributed by atoms with E-state index in [1.165, 1.54) is 7.11 Å². The molecule has 0 saturated heterocycles. The zero-order chi connectivity index (χ0) is 13.0. The van der Waals surface area contributed by atoms with Gasteiger partial charge in [0.15, 0.2) is 6.10 Å². The lowest BCUT2D eigenvalue weighted by atomic mass is 9.93. The summed E-state index contributed by atoms with van der Waals surface area (Å²) in [5, 5.41) is 9.97. The third kappa shape index (κ3) is 2.71. The number of rotatable bonds is 3. The Balaban J connectivity index is 2.19. The Bertz CT molecular complexity index is 438. The molecule has 1 aromatic rings. The quantitative estimate of drug-likeness (QED) is 0.827. The van der Waals surface area contributed by atoms with E-state index in [9.17, 15) is 9.90 Å². The molecule has 0 fully saturated rings. The molecule has 1 N–H and O–H groups in total. The number of carbonyl (C=O) groups excluding carboxylic acids is 1. The number of hydrogen-bond acceptors (Lipinski definition) is 4. The van der Waals surface area contributed by atoms with Crippen LogP contribution in [0.5, 0.6) is 5.75 Å². The summed E-state index contributed by atoms with van der Waals surface area (Å²) in [4.78, 5) is 11.6. The summed E-state index contributed by atoms with van der Waals surface area (Å²) in [6.45, 7) is 0. The van der Waals surface area contributed by atoms with Gasteiger partial charge in [0.1, 0.15) is 5.75 Å². The fourth-order valence-electron chi connectivity index (χ4n) is 1.99. The van der Waals surface area contributed by atoms with E-state index in [0.29, 0.717) is 24.2 Å². The third-order valence-electron chi connectivity index (χ3n) is 2.91. The van der Waals surface area contributed by atoms with Crippen molar-refractivity contribution in [2.75, 3.05) is 7.11 Å². The van der Waals surface area contributed by atoms with E-state index in [0.717, 1.165) is 0 Å². The first-order valence-corrected chi connectivity index (χ1v) is 5.90. The van der Waals surface area contributed by atoms with Crippen LogP contribution in [0.15, 0.2) is 42.0 Å². The van der Waals surface area contributed by atoms with Gasteiger partial charge in [0.2, 0.25) is 0 Å². The maximum absolute atomic E-state index is 11.6. The van der Waals surface area contributed by atoms with Gasteiger partial charge in [0.05, 0.1) is 18.8 Å². The molecule has 0 aromatic heterocycles. The van der Waals surface area contributed by atoms with Crippen LogP contribution in [0.1, 0.15) is 12.8 Å². The van der Waals surface area contributed by atoms with Gasteiger partial charge in [-0.05, 0) is 25.0 Å². The number of benzene rings is 1. The van der Waals surface area contributed by atoms with Crippen molar-refractivity contribution in [2.45, 2.75) is 25.0 Å². The normalized spacial score (nSPS) is 23.1. The van der Waals surface area contributed by atoms with Crippen LogP contribution >= 0.6 is 0 Å². The number of para-hydroxylation sites is 1. The van der Waals surface area contributed by atoms with Gasteiger partial charge in [-0.3, -0.25) is 0 Å². The molecule has 0 bridgehead atoms. The minimum Gasteiger partial charge on any atom is -0.483 e. The molecule has 0 heterocycles. The van der Waals surface area contributed by atoms with Crippen LogP contribution in [0.4, 0.5) is 0 Å². The molecule has 96 valence electrons. The summed E-state index contributed by atoms with van der Waals surface area (Å²) in [5.41, 5.74) is 0.389. The summed E-state index contributed by atoms with van der Waals surface area (Å²) < 4.78 is 10.4. The SMILES string of the molecule is COC(=O)C1=CCC[C@H](O)[C@@H]1Oc1ccccc1. The van der Waals surface area contributed by atoms with Gasteiger partial charge in [-0.15, -0.1) is 0 Å². The highest BCUT2D eigenvalue weighted by Crippen LogP contribution is 2.25. The van der Waals surface area contributed by atoms with E-state index in [2.05, 4.69) is 0 Å². The first-order chi connectivity index (χ1) is 8.72. The van der Waals surface area contributed by atoms with Crippen LogP contribution in [-0.2, 0) is 9.53 Å². The van der Waals surface area contributed by atoms with Crippen LogP contribution in [0.3, 0.4) is 0 Å². The smallest absolute Gasteiger partial charge is 0.337 e. The summed E-state index contributed by atoms with van der Waals surface area (Å²) in [6.07, 6.45) is 1.66. The fraction of sp³-hybridized carbons (Fsp3) is 0.357. The predicted octanol–water partition coefficient (Wildman–Crippen LogP) is 1.69. The van der Waals surface area contributed by atoms with Gasteiger partial charge in [-0.25, -0.2) is 4.79 Å². The topological polar surface area (TPSA) is 55.8 Å². The Morgan fingerprint density at radius 1 is 1.33 bits per heavy atom. The Morgan fingerprint density at radius 3 is 2.72 bits per heavy atom. The van der Waals surface area contributed by atoms with Crippen molar-refractivity contribution in [2.24, 2.45) is 0 Å². The van der Waals surface area contributed by atoms with Crippen molar-refractivity contribution in [3.63, 3.8) is 0 Å². The second-order valence-corrected chi connectivity index (χ2v) is 4.15. The summed E-state index contributed by atoms with van der Waals surface area (Å²) in [6, 6.07) is 9.13. The van der Waals surface area contributed by atoms with E-state index in [1.807, 2.05) is 18.2 Å². The van der Waals surface area contributed by atoms with Gasteiger partial charge in [0, 0.05) is 0 Å². The van der Waals surface area contributed by atoms with Gasteiger partial charge in [0.25, 0.3) is 0 Å². The molecule has 2 rings (SSSR count). The average Bonchev–Trinajstić information content (AvgIpc) is 2.41. The molecule has 0 unspecified atom stereocenters.